The molecular formula is C19H28F2N4O3Si. The quantitative estimate of drug-likeness (QED) is 0.497. The maximum Gasteiger partial charge on any atom is 0.338 e. The van der Waals surface area contributed by atoms with Crippen LogP contribution in [0.1, 0.15) is 16.8 Å². The molecule has 0 bridgehead atoms. The van der Waals surface area contributed by atoms with Crippen LogP contribution in [-0.4, -0.2) is 66.4 Å². The van der Waals surface area contributed by atoms with Crippen LogP contribution in [0, 0.1) is 11.6 Å². The minimum absolute atomic E-state index is 0.0111. The molecule has 29 heavy (non-hydrogen) atoms. The van der Waals surface area contributed by atoms with E-state index in [0.717, 1.165) is 25.6 Å². The van der Waals surface area contributed by atoms with Crippen LogP contribution in [0.3, 0.4) is 0 Å². The maximum atomic E-state index is 14.4. The molecule has 1 aromatic carbocycles. The highest BCUT2D eigenvalue weighted by Gasteiger charge is 2.27. The lowest BCUT2D eigenvalue weighted by atomic mass is 10.1. The molecule has 160 valence electrons. The number of aromatic carboxylic acids is 1. The predicted octanol–water partition coefficient (Wildman–Crippen LogP) is 3.44. The van der Waals surface area contributed by atoms with Gasteiger partial charge >= 0.3 is 5.97 Å². The van der Waals surface area contributed by atoms with Crippen LogP contribution in [0.4, 0.5) is 14.7 Å². The van der Waals surface area contributed by atoms with Crippen molar-refractivity contribution in [1.29, 1.82) is 0 Å². The molecule has 1 atom stereocenters. The molecule has 0 spiro atoms. The van der Waals surface area contributed by atoms with Gasteiger partial charge in [0.1, 0.15) is 12.2 Å². The zero-order chi connectivity index (χ0) is 21.3. The Hall–Kier alpha value is -2.04. The molecule has 1 aliphatic heterocycles. The number of benzene rings is 1. The summed E-state index contributed by atoms with van der Waals surface area (Å²) in [4.78, 5) is 18.1. The van der Waals surface area contributed by atoms with Crippen molar-refractivity contribution in [2.75, 3.05) is 32.1 Å². The minimum atomic E-state index is -1.34. The fourth-order valence-corrected chi connectivity index (χ4v) is 4.18. The molecule has 0 aliphatic carbocycles. The highest BCUT2D eigenvalue weighted by atomic mass is 28.3. The molecule has 1 unspecified atom stereocenters. The van der Waals surface area contributed by atoms with Crippen LogP contribution in [-0.2, 0) is 11.5 Å². The van der Waals surface area contributed by atoms with Crippen molar-refractivity contribution in [2.45, 2.75) is 44.9 Å². The normalized spacial score (nSPS) is 17.9. The molecule has 1 aliphatic rings. The second-order valence-electron chi connectivity index (χ2n) is 8.83. The summed E-state index contributed by atoms with van der Waals surface area (Å²) in [5, 5.41) is 12.8. The Morgan fingerprint density at radius 1 is 1.41 bits per heavy atom. The lowest BCUT2D eigenvalue weighted by molar-refractivity contribution is 0.0696. The van der Waals surface area contributed by atoms with Gasteiger partial charge in [-0.2, -0.15) is 0 Å². The average molecular weight is 427 g/mol. The highest BCUT2D eigenvalue weighted by molar-refractivity contribution is 6.76. The number of anilines is 1. The van der Waals surface area contributed by atoms with Crippen LogP contribution in [0.5, 0.6) is 0 Å². The second-order valence-corrected chi connectivity index (χ2v) is 14.4. The molecule has 2 N–H and O–H groups in total. The monoisotopic (exact) mass is 426 g/mol. The Balaban J connectivity index is 1.99. The summed E-state index contributed by atoms with van der Waals surface area (Å²) in [6.07, 6.45) is 0.874. The van der Waals surface area contributed by atoms with E-state index in [-0.39, 0.29) is 29.4 Å². The van der Waals surface area contributed by atoms with Gasteiger partial charge in [-0.25, -0.2) is 18.6 Å². The number of nitrogens with zero attached hydrogens (tertiary/aromatic N) is 3. The van der Waals surface area contributed by atoms with E-state index >= 15 is 0 Å². The van der Waals surface area contributed by atoms with Crippen LogP contribution >= 0.6 is 0 Å². The van der Waals surface area contributed by atoms with Gasteiger partial charge in [0.25, 0.3) is 0 Å². The summed E-state index contributed by atoms with van der Waals surface area (Å²) in [6.45, 7) is 8.90. The number of nitrogens with one attached hydrogen (secondary N) is 1. The number of hydrogen-bond acceptors (Lipinski definition) is 5. The fourth-order valence-electron chi connectivity index (χ4n) is 3.42. The van der Waals surface area contributed by atoms with E-state index < -0.39 is 25.7 Å². The van der Waals surface area contributed by atoms with Gasteiger partial charge in [0.2, 0.25) is 5.95 Å². The third-order valence-electron chi connectivity index (χ3n) is 5.08. The zero-order valence-corrected chi connectivity index (χ0v) is 18.3. The number of hydrogen-bond donors (Lipinski definition) is 2. The van der Waals surface area contributed by atoms with Gasteiger partial charge in [0.15, 0.2) is 11.6 Å². The topological polar surface area (TPSA) is 79.6 Å². The van der Waals surface area contributed by atoms with Crippen molar-refractivity contribution in [3.8, 4) is 0 Å². The number of fused-ring (bicyclic) bond motifs is 1. The van der Waals surface area contributed by atoms with Gasteiger partial charge in [-0.05, 0) is 32.1 Å². The largest absolute Gasteiger partial charge is 0.478 e. The summed E-state index contributed by atoms with van der Waals surface area (Å²) in [5.41, 5.74) is -0.611. The molecule has 1 fully saturated rings. The summed E-state index contributed by atoms with van der Waals surface area (Å²) >= 11 is 0. The second kappa shape index (κ2) is 8.37. The number of carboxylic acids is 1. The lowest BCUT2D eigenvalue weighted by Crippen LogP contribution is -2.26. The number of aromatic nitrogens is 2. The number of rotatable bonds is 8. The van der Waals surface area contributed by atoms with Crippen molar-refractivity contribution >= 4 is 31.0 Å². The number of carbonyl (C=O) groups is 1. The molecule has 0 saturated carbocycles. The molecule has 7 nitrogen and oxygen atoms in total. The Bertz CT molecular complexity index is 913. The number of likely N-dealkylation sites (N-methyl/N-ethyl adjacent to an activating group) is 1. The molecule has 3 rings (SSSR count). The standard InChI is InChI=1S/C19H28F2N4O3Si/c1-24-6-5-12(10-24)22-19-23-16-15(21)14(20)9-13(18(26)27)17(16)25(19)11-28-7-8-29(2,3)4/h9,12H,5-8,10-11H2,1-4H3,(H,22,23)(H,26,27). The summed E-state index contributed by atoms with van der Waals surface area (Å²) in [7, 11) is 0.698. The van der Waals surface area contributed by atoms with Crippen LogP contribution < -0.4 is 5.32 Å². The summed E-state index contributed by atoms with van der Waals surface area (Å²) < 4.78 is 35.7. The first kappa shape index (κ1) is 21.7. The first-order chi connectivity index (χ1) is 13.6. The highest BCUT2D eigenvalue weighted by Crippen LogP contribution is 2.29. The smallest absolute Gasteiger partial charge is 0.338 e. The van der Waals surface area contributed by atoms with E-state index in [1.54, 1.807) is 0 Å². The average Bonchev–Trinajstić information content (AvgIpc) is 3.18. The Kier molecular flexibility index (Phi) is 6.25. The third kappa shape index (κ3) is 4.93. The van der Waals surface area contributed by atoms with Gasteiger partial charge < -0.3 is 20.1 Å². The van der Waals surface area contributed by atoms with Crippen molar-refractivity contribution in [2.24, 2.45) is 0 Å². The maximum absolute atomic E-state index is 14.4. The molecule has 10 heteroatoms. The first-order valence-corrected chi connectivity index (χ1v) is 13.4. The molecule has 0 radical (unpaired) electrons. The number of ether oxygens (including phenoxy) is 1. The molecule has 2 aromatic rings. The summed E-state index contributed by atoms with van der Waals surface area (Å²) in [5.74, 6) is -3.44. The minimum Gasteiger partial charge on any atom is -0.478 e. The van der Waals surface area contributed by atoms with Gasteiger partial charge in [0, 0.05) is 27.3 Å². The zero-order valence-electron chi connectivity index (χ0n) is 17.3. The van der Waals surface area contributed by atoms with Gasteiger partial charge in [-0.15, -0.1) is 0 Å². The van der Waals surface area contributed by atoms with Crippen molar-refractivity contribution in [3.05, 3.63) is 23.3 Å². The SMILES string of the molecule is CN1CCC(Nc2nc3c(F)c(F)cc(C(=O)O)c3n2COCC[Si](C)(C)C)C1. The number of halogens is 2. The number of likely N-dealkylation sites (tertiary alicyclic amines) is 1. The number of carboxylic acid groups (broad SMARTS) is 1. The van der Waals surface area contributed by atoms with Crippen LogP contribution in [0.25, 0.3) is 11.0 Å². The molecule has 2 heterocycles. The molecular weight excluding hydrogens is 398 g/mol. The summed E-state index contributed by atoms with van der Waals surface area (Å²) in [6, 6.07) is 1.72. The molecule has 0 amide bonds. The fraction of sp³-hybridized carbons (Fsp3) is 0.579. The Morgan fingerprint density at radius 3 is 2.72 bits per heavy atom. The van der Waals surface area contributed by atoms with Gasteiger partial charge in [-0.1, -0.05) is 19.6 Å². The van der Waals surface area contributed by atoms with Crippen molar-refractivity contribution in [3.63, 3.8) is 0 Å². The Labute approximate surface area is 169 Å². The lowest BCUT2D eigenvalue weighted by Gasteiger charge is -2.18. The molecule has 1 saturated heterocycles. The van der Waals surface area contributed by atoms with E-state index in [2.05, 4.69) is 34.8 Å². The van der Waals surface area contributed by atoms with E-state index in [9.17, 15) is 18.7 Å². The van der Waals surface area contributed by atoms with Crippen molar-refractivity contribution < 1.29 is 23.4 Å². The Morgan fingerprint density at radius 2 is 2.14 bits per heavy atom. The van der Waals surface area contributed by atoms with Gasteiger partial charge in [-0.3, -0.25) is 4.57 Å². The van der Waals surface area contributed by atoms with E-state index in [0.29, 0.717) is 18.6 Å². The molecule has 1 aromatic heterocycles. The van der Waals surface area contributed by atoms with E-state index in [1.807, 2.05) is 7.05 Å². The first-order valence-electron chi connectivity index (χ1n) is 9.71. The van der Waals surface area contributed by atoms with E-state index in [1.165, 1.54) is 4.57 Å². The van der Waals surface area contributed by atoms with Gasteiger partial charge in [0.05, 0.1) is 11.1 Å². The predicted molar refractivity (Wildman–Crippen MR) is 110 cm³/mol. The van der Waals surface area contributed by atoms with Crippen molar-refractivity contribution in [1.82, 2.24) is 14.5 Å². The van der Waals surface area contributed by atoms with Crippen LogP contribution in [0.2, 0.25) is 25.7 Å². The number of imidazole rings is 1. The van der Waals surface area contributed by atoms with E-state index in [4.69, 9.17) is 4.74 Å². The third-order valence-corrected chi connectivity index (χ3v) is 6.79. The van der Waals surface area contributed by atoms with Crippen LogP contribution in [0.15, 0.2) is 6.07 Å².